The van der Waals surface area contributed by atoms with Crippen LogP contribution in [0.1, 0.15) is 0 Å². The Kier molecular flexibility index (Phi) is 5.76. The molecule has 8 aromatic carbocycles. The van der Waals surface area contributed by atoms with Gasteiger partial charge in [0.2, 0.25) is 0 Å². The molecule has 0 aliphatic heterocycles. The second-order valence-electron chi connectivity index (χ2n) is 10.8. The predicted molar refractivity (Wildman–Crippen MR) is 179 cm³/mol. The van der Waals surface area contributed by atoms with Crippen molar-refractivity contribution in [1.82, 2.24) is 0 Å². The van der Waals surface area contributed by atoms with Crippen LogP contribution in [-0.4, -0.2) is 10.2 Å². The normalized spacial score (nSPS) is 11.4. The maximum atomic E-state index is 10.3. The minimum atomic E-state index is 0.250. The molecule has 1 heterocycles. The molecule has 0 amide bonds. The van der Waals surface area contributed by atoms with Gasteiger partial charge >= 0.3 is 0 Å². The number of aromatic hydroxyl groups is 2. The molecule has 0 aliphatic rings. The number of benzene rings is 8. The van der Waals surface area contributed by atoms with Crippen LogP contribution in [0.15, 0.2) is 150 Å². The topological polar surface area (TPSA) is 53.6 Å². The van der Waals surface area contributed by atoms with Crippen LogP contribution in [0, 0.1) is 0 Å². The molecule has 43 heavy (non-hydrogen) atoms. The Morgan fingerprint density at radius 3 is 1.07 bits per heavy atom. The first-order valence-corrected chi connectivity index (χ1v) is 14.3. The molecule has 0 saturated heterocycles. The number of fused-ring (bicyclic) bond motifs is 3. The molecule has 204 valence electrons. The highest BCUT2D eigenvalue weighted by atomic mass is 16.3. The van der Waals surface area contributed by atoms with Crippen molar-refractivity contribution in [2.24, 2.45) is 0 Å². The first-order chi connectivity index (χ1) is 21.2. The van der Waals surface area contributed by atoms with Gasteiger partial charge in [-0.3, -0.25) is 0 Å². The molecule has 0 radical (unpaired) electrons. The SMILES string of the molecule is Oc1cccc2cccc(-c3cccc4cccc(O)c34)c12.c1cc2cccc3c4cccc5cccc(oc(c1)c23)c54. The molecule has 3 heteroatoms. The molecule has 0 aliphatic carbocycles. The summed E-state index contributed by atoms with van der Waals surface area (Å²) < 4.78 is 6.25. The molecule has 0 saturated carbocycles. The van der Waals surface area contributed by atoms with Crippen LogP contribution in [0.5, 0.6) is 11.5 Å². The van der Waals surface area contributed by atoms with Crippen molar-refractivity contribution >= 4 is 65.0 Å². The van der Waals surface area contributed by atoms with Gasteiger partial charge in [0.05, 0.1) is 0 Å². The van der Waals surface area contributed by atoms with Crippen molar-refractivity contribution in [3.05, 3.63) is 146 Å². The average molecular weight is 555 g/mol. The van der Waals surface area contributed by atoms with E-state index in [1.165, 1.54) is 32.3 Å². The first-order valence-electron chi connectivity index (χ1n) is 14.3. The number of phenols is 2. The van der Waals surface area contributed by atoms with E-state index in [2.05, 4.69) is 72.8 Å². The Morgan fingerprint density at radius 1 is 0.326 bits per heavy atom. The summed E-state index contributed by atoms with van der Waals surface area (Å²) in [6.07, 6.45) is 0. The fraction of sp³-hybridized carbons (Fsp3) is 0. The summed E-state index contributed by atoms with van der Waals surface area (Å²) >= 11 is 0. The largest absolute Gasteiger partial charge is 0.507 e. The molecule has 0 bridgehead atoms. The minimum Gasteiger partial charge on any atom is -0.507 e. The van der Waals surface area contributed by atoms with E-state index in [1.54, 1.807) is 12.1 Å². The van der Waals surface area contributed by atoms with Crippen LogP contribution in [-0.2, 0) is 0 Å². The number of rotatable bonds is 1. The summed E-state index contributed by atoms with van der Waals surface area (Å²) in [6, 6.07) is 48.2. The first kappa shape index (κ1) is 25.0. The number of hydrogen-bond acceptors (Lipinski definition) is 3. The molecular weight excluding hydrogens is 528 g/mol. The van der Waals surface area contributed by atoms with E-state index in [1.807, 2.05) is 60.7 Å². The average Bonchev–Trinajstić information content (AvgIpc) is 3.18. The van der Waals surface area contributed by atoms with Crippen molar-refractivity contribution in [3.63, 3.8) is 0 Å². The fourth-order valence-electron chi connectivity index (χ4n) is 6.44. The highest BCUT2D eigenvalue weighted by Gasteiger charge is 2.13. The highest BCUT2D eigenvalue weighted by molar-refractivity contribution is 6.23. The Balaban J connectivity index is 0.000000129. The lowest BCUT2D eigenvalue weighted by Gasteiger charge is -2.12. The van der Waals surface area contributed by atoms with Crippen molar-refractivity contribution in [3.8, 4) is 22.6 Å². The fourth-order valence-corrected chi connectivity index (χ4v) is 6.44. The maximum absolute atomic E-state index is 10.3. The van der Waals surface area contributed by atoms with Gasteiger partial charge in [-0.1, -0.05) is 121 Å². The predicted octanol–water partition coefficient (Wildman–Crippen LogP) is 11.0. The summed E-state index contributed by atoms with van der Waals surface area (Å²) in [6.45, 7) is 0. The lowest BCUT2D eigenvalue weighted by Crippen LogP contribution is -1.85. The Hall–Kier alpha value is -5.80. The zero-order chi connectivity index (χ0) is 28.9. The Morgan fingerprint density at radius 2 is 0.651 bits per heavy atom. The van der Waals surface area contributed by atoms with E-state index in [4.69, 9.17) is 4.42 Å². The van der Waals surface area contributed by atoms with Gasteiger partial charge in [-0.15, -0.1) is 0 Å². The molecule has 1 aromatic heterocycles. The summed E-state index contributed by atoms with van der Waals surface area (Å²) in [7, 11) is 0. The summed E-state index contributed by atoms with van der Waals surface area (Å²) in [5.74, 6) is 0.501. The van der Waals surface area contributed by atoms with Gasteiger partial charge < -0.3 is 14.6 Å². The third-order valence-electron chi connectivity index (χ3n) is 8.30. The van der Waals surface area contributed by atoms with E-state index >= 15 is 0 Å². The van der Waals surface area contributed by atoms with E-state index in [-0.39, 0.29) is 11.5 Å². The van der Waals surface area contributed by atoms with Gasteiger partial charge in [-0.2, -0.15) is 0 Å². The molecule has 0 fully saturated rings. The standard InChI is InChI=1S/C20H14O2.C20H12O/c21-17-11-3-7-13-5-1-9-15(19(13)17)16-10-2-6-14-8-4-12-18(22)20(14)16;1-5-13-7-3-11-17-19(13)15(9-1)16-10-2-6-14-8-4-12-18(21-17)20(14)16/h1-12,21-22H;1-12H. The van der Waals surface area contributed by atoms with Crippen LogP contribution in [0.25, 0.3) is 76.2 Å². The molecule has 0 spiro atoms. The second kappa shape index (κ2) is 9.93. The lowest BCUT2D eigenvalue weighted by molar-refractivity contribution is 0.481. The van der Waals surface area contributed by atoms with Gasteiger partial charge in [-0.25, -0.2) is 0 Å². The van der Waals surface area contributed by atoms with Gasteiger partial charge in [-0.05, 0) is 67.7 Å². The van der Waals surface area contributed by atoms with Crippen LogP contribution < -0.4 is 0 Å². The maximum Gasteiger partial charge on any atom is 0.135 e. The van der Waals surface area contributed by atoms with Gasteiger partial charge in [0, 0.05) is 21.5 Å². The zero-order valence-corrected chi connectivity index (χ0v) is 23.2. The van der Waals surface area contributed by atoms with Crippen LogP contribution in [0.3, 0.4) is 0 Å². The zero-order valence-electron chi connectivity index (χ0n) is 23.2. The van der Waals surface area contributed by atoms with E-state index in [9.17, 15) is 10.2 Å². The lowest BCUT2D eigenvalue weighted by atomic mass is 9.93. The molecule has 0 unspecified atom stereocenters. The van der Waals surface area contributed by atoms with Gasteiger partial charge in [0.15, 0.2) is 0 Å². The summed E-state index contributed by atoms with van der Waals surface area (Å²) in [5.41, 5.74) is 3.71. The number of phenolic OH excluding ortho intramolecular Hbond substituents is 2. The van der Waals surface area contributed by atoms with Crippen LogP contribution in [0.4, 0.5) is 0 Å². The van der Waals surface area contributed by atoms with Crippen molar-refractivity contribution in [2.45, 2.75) is 0 Å². The summed E-state index contributed by atoms with van der Waals surface area (Å²) in [4.78, 5) is 0. The van der Waals surface area contributed by atoms with Crippen molar-refractivity contribution < 1.29 is 14.6 Å². The van der Waals surface area contributed by atoms with Crippen molar-refractivity contribution in [2.75, 3.05) is 0 Å². The third-order valence-corrected chi connectivity index (χ3v) is 8.30. The van der Waals surface area contributed by atoms with Crippen LogP contribution in [0.2, 0.25) is 0 Å². The third kappa shape index (κ3) is 4.05. The van der Waals surface area contributed by atoms with Gasteiger partial charge in [0.25, 0.3) is 0 Å². The molecule has 9 aromatic rings. The molecule has 9 rings (SSSR count). The van der Waals surface area contributed by atoms with Crippen molar-refractivity contribution in [1.29, 1.82) is 0 Å². The van der Waals surface area contributed by atoms with E-state index in [0.717, 1.165) is 43.8 Å². The number of hydrogen-bond donors (Lipinski definition) is 2. The van der Waals surface area contributed by atoms with Gasteiger partial charge in [0.1, 0.15) is 22.7 Å². The molecule has 2 N–H and O–H groups in total. The van der Waals surface area contributed by atoms with Crippen LogP contribution >= 0.6 is 0 Å². The molecule has 0 atom stereocenters. The monoisotopic (exact) mass is 554 g/mol. The smallest absolute Gasteiger partial charge is 0.135 e. The quantitative estimate of drug-likeness (QED) is 0.212. The minimum absolute atomic E-state index is 0.250. The Bertz CT molecular complexity index is 2290. The molecule has 3 nitrogen and oxygen atoms in total. The van der Waals surface area contributed by atoms with E-state index < -0.39 is 0 Å². The second-order valence-corrected chi connectivity index (χ2v) is 10.8. The molecular formula is C40H26O3. The van der Waals surface area contributed by atoms with E-state index in [0.29, 0.717) is 0 Å². The summed E-state index contributed by atoms with van der Waals surface area (Å²) in [5, 5.41) is 31.5. The highest BCUT2D eigenvalue weighted by Crippen LogP contribution is 2.40. The Labute approximate surface area is 247 Å².